The largest absolute Gasteiger partial charge is 0.484 e. The van der Waals surface area contributed by atoms with Crippen LogP contribution in [-0.2, 0) is 4.74 Å². The van der Waals surface area contributed by atoms with Crippen molar-refractivity contribution in [2.75, 3.05) is 7.11 Å². The number of aliphatic imine (C=N–C) groups is 1. The lowest BCUT2D eigenvalue weighted by Gasteiger charge is -2.03. The van der Waals surface area contributed by atoms with Crippen LogP contribution >= 0.6 is 0 Å². The van der Waals surface area contributed by atoms with Crippen LogP contribution in [-0.4, -0.2) is 13.0 Å². The molecule has 0 spiro atoms. The maximum absolute atomic E-state index is 4.86. The van der Waals surface area contributed by atoms with Crippen LogP contribution in [0.2, 0.25) is 0 Å². The molecule has 0 heterocycles. The first-order valence-electron chi connectivity index (χ1n) is 3.36. The van der Waals surface area contributed by atoms with E-state index in [1.807, 2.05) is 6.92 Å². The third kappa shape index (κ3) is 3.28. The summed E-state index contributed by atoms with van der Waals surface area (Å²) in [7, 11) is 1.60. The smallest absolute Gasteiger partial charge is 0.184 e. The average molecular weight is 141 g/mol. The van der Waals surface area contributed by atoms with Crippen LogP contribution in [0.25, 0.3) is 0 Å². The monoisotopic (exact) mass is 141 g/mol. The molecule has 0 N–H and O–H groups in total. The van der Waals surface area contributed by atoms with Crippen LogP contribution in [0.1, 0.15) is 20.8 Å². The van der Waals surface area contributed by atoms with Crippen molar-refractivity contribution < 1.29 is 4.74 Å². The van der Waals surface area contributed by atoms with Crippen LogP contribution in [0.3, 0.4) is 0 Å². The van der Waals surface area contributed by atoms with E-state index in [-0.39, 0.29) is 0 Å². The molecule has 2 heteroatoms. The minimum absolute atomic E-state index is 0.394. The number of rotatable bonds is 2. The average Bonchev–Trinajstić information content (AvgIpc) is 1.87. The molecule has 2 nitrogen and oxygen atoms in total. The molecule has 10 heavy (non-hydrogen) atoms. The highest BCUT2D eigenvalue weighted by atomic mass is 16.5. The second kappa shape index (κ2) is 4.09. The highest BCUT2D eigenvalue weighted by molar-refractivity contribution is 5.74. The van der Waals surface area contributed by atoms with Gasteiger partial charge in [-0.25, -0.2) is 4.99 Å². The van der Waals surface area contributed by atoms with Gasteiger partial charge < -0.3 is 4.74 Å². The molecule has 0 bridgehead atoms. The van der Waals surface area contributed by atoms with Crippen molar-refractivity contribution in [1.82, 2.24) is 0 Å². The van der Waals surface area contributed by atoms with Crippen molar-refractivity contribution in [3.63, 3.8) is 0 Å². The van der Waals surface area contributed by atoms with Crippen LogP contribution in [0.15, 0.2) is 17.3 Å². The van der Waals surface area contributed by atoms with Crippen LogP contribution < -0.4 is 0 Å². The molecule has 0 aromatic carbocycles. The zero-order valence-corrected chi connectivity index (χ0v) is 7.14. The second-order valence-corrected chi connectivity index (χ2v) is 2.48. The van der Waals surface area contributed by atoms with E-state index in [0.29, 0.717) is 11.8 Å². The zero-order chi connectivity index (χ0) is 8.15. The standard InChI is InChI=1S/C8H15NO/c1-6(2)7(3)9-8(4)10-5/h6H,3H2,1-2,4-5H3. The molecule has 0 saturated carbocycles. The van der Waals surface area contributed by atoms with E-state index < -0.39 is 0 Å². The lowest BCUT2D eigenvalue weighted by Crippen LogP contribution is -1.97. The first kappa shape index (κ1) is 9.21. The highest BCUT2D eigenvalue weighted by Crippen LogP contribution is 2.07. The topological polar surface area (TPSA) is 21.6 Å². The molecule has 0 aliphatic carbocycles. The van der Waals surface area contributed by atoms with E-state index in [9.17, 15) is 0 Å². The minimum atomic E-state index is 0.394. The van der Waals surface area contributed by atoms with Gasteiger partial charge in [-0.05, 0) is 5.92 Å². The molecule has 0 unspecified atom stereocenters. The predicted molar refractivity (Wildman–Crippen MR) is 44.1 cm³/mol. The molecule has 0 aliphatic heterocycles. The van der Waals surface area contributed by atoms with Gasteiger partial charge in [-0.2, -0.15) is 0 Å². The molecular weight excluding hydrogens is 126 g/mol. The SMILES string of the molecule is C=C(N=C(C)OC)C(C)C. The van der Waals surface area contributed by atoms with Gasteiger partial charge in [0.15, 0.2) is 5.90 Å². The molecule has 0 fully saturated rings. The summed E-state index contributed by atoms with van der Waals surface area (Å²) >= 11 is 0. The summed E-state index contributed by atoms with van der Waals surface area (Å²) in [5.41, 5.74) is 0.861. The Morgan fingerprint density at radius 3 is 2.30 bits per heavy atom. The molecule has 58 valence electrons. The Kier molecular flexibility index (Phi) is 3.77. The summed E-state index contributed by atoms with van der Waals surface area (Å²) in [4.78, 5) is 4.09. The normalized spacial score (nSPS) is 11.9. The van der Waals surface area contributed by atoms with Gasteiger partial charge in [-0.1, -0.05) is 20.4 Å². The Bertz CT molecular complexity index is 147. The molecule has 0 amide bonds. The van der Waals surface area contributed by atoms with Gasteiger partial charge in [0, 0.05) is 12.6 Å². The van der Waals surface area contributed by atoms with E-state index in [1.165, 1.54) is 0 Å². The van der Waals surface area contributed by atoms with Gasteiger partial charge in [0.25, 0.3) is 0 Å². The fourth-order valence-corrected chi connectivity index (χ4v) is 0.377. The summed E-state index contributed by atoms with van der Waals surface area (Å²) in [6.07, 6.45) is 0. The summed E-state index contributed by atoms with van der Waals surface area (Å²) in [5, 5.41) is 0. The van der Waals surface area contributed by atoms with Crippen LogP contribution in [0, 0.1) is 5.92 Å². The molecule has 0 aliphatic rings. The quantitative estimate of drug-likeness (QED) is 0.427. The van der Waals surface area contributed by atoms with Crippen molar-refractivity contribution >= 4 is 5.90 Å². The number of allylic oxidation sites excluding steroid dienone is 1. The number of ether oxygens (including phenoxy) is 1. The number of nitrogens with zero attached hydrogens (tertiary/aromatic N) is 1. The summed E-state index contributed by atoms with van der Waals surface area (Å²) in [6.45, 7) is 9.69. The van der Waals surface area contributed by atoms with Gasteiger partial charge in [0.05, 0.1) is 7.11 Å². The van der Waals surface area contributed by atoms with E-state index in [4.69, 9.17) is 4.74 Å². The van der Waals surface area contributed by atoms with Gasteiger partial charge in [-0.3, -0.25) is 0 Å². The van der Waals surface area contributed by atoms with E-state index >= 15 is 0 Å². The summed E-state index contributed by atoms with van der Waals surface area (Å²) in [5.74, 6) is 1.06. The van der Waals surface area contributed by atoms with E-state index in [0.717, 1.165) is 5.70 Å². The molecule has 0 aromatic heterocycles. The predicted octanol–water partition coefficient (Wildman–Crippen LogP) is 2.22. The van der Waals surface area contributed by atoms with Crippen LogP contribution in [0.5, 0.6) is 0 Å². The molecule has 0 aromatic rings. The Balaban J connectivity index is 4.00. The first-order chi connectivity index (χ1) is 4.57. The Morgan fingerprint density at radius 2 is 2.00 bits per heavy atom. The number of methoxy groups -OCH3 is 1. The van der Waals surface area contributed by atoms with E-state index in [1.54, 1.807) is 7.11 Å². The maximum Gasteiger partial charge on any atom is 0.184 e. The molecule has 0 saturated heterocycles. The Labute approximate surface area is 62.6 Å². The van der Waals surface area contributed by atoms with Gasteiger partial charge in [0.1, 0.15) is 0 Å². The molecular formula is C8H15NO. The van der Waals surface area contributed by atoms with Gasteiger partial charge in [-0.15, -0.1) is 0 Å². The summed E-state index contributed by atoms with van der Waals surface area (Å²) in [6, 6.07) is 0. The fourth-order valence-electron chi connectivity index (χ4n) is 0.377. The third-order valence-electron chi connectivity index (χ3n) is 1.26. The lowest BCUT2D eigenvalue weighted by atomic mass is 10.2. The van der Waals surface area contributed by atoms with Gasteiger partial charge >= 0.3 is 0 Å². The second-order valence-electron chi connectivity index (χ2n) is 2.48. The maximum atomic E-state index is 4.86. The number of hydrogen-bond donors (Lipinski definition) is 0. The van der Waals surface area contributed by atoms with Crippen molar-refractivity contribution in [1.29, 1.82) is 0 Å². The van der Waals surface area contributed by atoms with Crippen molar-refractivity contribution in [3.05, 3.63) is 12.3 Å². The molecule has 0 rings (SSSR count). The van der Waals surface area contributed by atoms with E-state index in [2.05, 4.69) is 25.4 Å². The molecule has 0 atom stereocenters. The third-order valence-corrected chi connectivity index (χ3v) is 1.26. The highest BCUT2D eigenvalue weighted by Gasteiger charge is 1.97. The first-order valence-corrected chi connectivity index (χ1v) is 3.36. The summed E-state index contributed by atoms with van der Waals surface area (Å²) < 4.78 is 4.86. The molecule has 0 radical (unpaired) electrons. The Hall–Kier alpha value is -0.790. The lowest BCUT2D eigenvalue weighted by molar-refractivity contribution is 0.398. The number of hydrogen-bond acceptors (Lipinski definition) is 2. The Morgan fingerprint density at radius 1 is 1.50 bits per heavy atom. The van der Waals surface area contributed by atoms with Gasteiger partial charge in [0.2, 0.25) is 0 Å². The zero-order valence-electron chi connectivity index (χ0n) is 7.14. The minimum Gasteiger partial charge on any atom is -0.484 e. The van der Waals surface area contributed by atoms with Crippen molar-refractivity contribution in [2.45, 2.75) is 20.8 Å². The van der Waals surface area contributed by atoms with Crippen LogP contribution in [0.4, 0.5) is 0 Å². The fraction of sp³-hybridized carbons (Fsp3) is 0.625. The van der Waals surface area contributed by atoms with Crippen molar-refractivity contribution in [2.24, 2.45) is 10.9 Å². The van der Waals surface area contributed by atoms with Crippen molar-refractivity contribution in [3.8, 4) is 0 Å².